The summed E-state index contributed by atoms with van der Waals surface area (Å²) in [6.45, 7) is 0. The minimum Gasteiger partial charge on any atom is -0.354 e. The Morgan fingerprint density at radius 2 is 2.14 bits per heavy atom. The SMILES string of the molecule is CNC(=O)c1ccc(Sc2nc3ccc(Cl)cc3[nH]2)nn1. The van der Waals surface area contributed by atoms with E-state index in [-0.39, 0.29) is 11.6 Å². The third-order valence-electron chi connectivity index (χ3n) is 2.72. The molecule has 0 aliphatic rings. The molecule has 0 spiro atoms. The quantitative estimate of drug-likeness (QED) is 0.775. The average molecular weight is 320 g/mol. The van der Waals surface area contributed by atoms with E-state index in [4.69, 9.17) is 11.6 Å². The van der Waals surface area contributed by atoms with Gasteiger partial charge in [0.2, 0.25) is 0 Å². The van der Waals surface area contributed by atoms with Gasteiger partial charge in [-0.3, -0.25) is 4.79 Å². The summed E-state index contributed by atoms with van der Waals surface area (Å²) in [5, 5.41) is 12.3. The van der Waals surface area contributed by atoms with Crippen LogP contribution in [0.1, 0.15) is 10.5 Å². The summed E-state index contributed by atoms with van der Waals surface area (Å²) in [4.78, 5) is 19.0. The number of fused-ring (bicyclic) bond motifs is 1. The first-order chi connectivity index (χ1) is 10.2. The molecule has 2 aromatic heterocycles. The van der Waals surface area contributed by atoms with Gasteiger partial charge in [0.15, 0.2) is 10.9 Å². The zero-order valence-electron chi connectivity index (χ0n) is 10.9. The summed E-state index contributed by atoms with van der Waals surface area (Å²) >= 11 is 7.27. The fraction of sp³-hybridized carbons (Fsp3) is 0.0769. The van der Waals surface area contributed by atoms with Gasteiger partial charge < -0.3 is 10.3 Å². The van der Waals surface area contributed by atoms with Crippen molar-refractivity contribution in [1.82, 2.24) is 25.5 Å². The van der Waals surface area contributed by atoms with Gasteiger partial charge in [0.05, 0.1) is 11.0 Å². The van der Waals surface area contributed by atoms with Crippen molar-refractivity contribution >= 4 is 40.3 Å². The minimum atomic E-state index is -0.266. The Bertz CT molecular complexity index is 802. The van der Waals surface area contributed by atoms with Gasteiger partial charge in [0.25, 0.3) is 5.91 Å². The second kappa shape index (κ2) is 5.71. The number of rotatable bonds is 3. The van der Waals surface area contributed by atoms with Gasteiger partial charge in [0, 0.05) is 12.1 Å². The Balaban J connectivity index is 1.83. The van der Waals surface area contributed by atoms with Crippen LogP contribution in [-0.2, 0) is 0 Å². The molecule has 0 fully saturated rings. The standard InChI is InChI=1S/C13H10ClN5OS/c1-15-12(20)9-4-5-11(19-18-9)21-13-16-8-3-2-7(14)6-10(8)17-13/h2-6H,1H3,(H,15,20)(H,16,17). The number of hydrogen-bond acceptors (Lipinski definition) is 5. The number of amides is 1. The van der Waals surface area contributed by atoms with E-state index in [9.17, 15) is 4.79 Å². The van der Waals surface area contributed by atoms with Crippen LogP contribution in [0.3, 0.4) is 0 Å². The molecule has 0 aliphatic carbocycles. The molecule has 3 aromatic rings. The van der Waals surface area contributed by atoms with Crippen LogP contribution < -0.4 is 5.32 Å². The number of H-pyrrole nitrogens is 1. The molecule has 0 atom stereocenters. The Morgan fingerprint density at radius 3 is 2.86 bits per heavy atom. The van der Waals surface area contributed by atoms with Crippen molar-refractivity contribution in [3.63, 3.8) is 0 Å². The maximum atomic E-state index is 11.4. The molecule has 0 saturated heterocycles. The van der Waals surface area contributed by atoms with Gasteiger partial charge in [0.1, 0.15) is 5.03 Å². The van der Waals surface area contributed by atoms with Crippen molar-refractivity contribution in [1.29, 1.82) is 0 Å². The number of aromatic amines is 1. The van der Waals surface area contributed by atoms with Crippen molar-refractivity contribution < 1.29 is 4.79 Å². The molecule has 0 radical (unpaired) electrons. The number of carbonyl (C=O) groups is 1. The van der Waals surface area contributed by atoms with E-state index in [0.717, 1.165) is 11.0 Å². The van der Waals surface area contributed by atoms with E-state index in [2.05, 4.69) is 25.5 Å². The van der Waals surface area contributed by atoms with E-state index >= 15 is 0 Å². The van der Waals surface area contributed by atoms with E-state index in [1.807, 2.05) is 12.1 Å². The largest absolute Gasteiger partial charge is 0.354 e. The Hall–Kier alpha value is -2.12. The minimum absolute atomic E-state index is 0.266. The third-order valence-corrected chi connectivity index (χ3v) is 3.77. The lowest BCUT2D eigenvalue weighted by molar-refractivity contribution is 0.0957. The van der Waals surface area contributed by atoms with Crippen LogP contribution in [0, 0.1) is 0 Å². The molecule has 1 aromatic carbocycles. The monoisotopic (exact) mass is 319 g/mol. The predicted molar refractivity (Wildman–Crippen MR) is 80.6 cm³/mol. The number of nitrogens with zero attached hydrogens (tertiary/aromatic N) is 3. The first-order valence-electron chi connectivity index (χ1n) is 6.04. The van der Waals surface area contributed by atoms with Crippen LogP contribution in [0.15, 0.2) is 40.5 Å². The highest BCUT2D eigenvalue weighted by atomic mass is 35.5. The van der Waals surface area contributed by atoms with Gasteiger partial charge in [-0.05, 0) is 42.1 Å². The summed E-state index contributed by atoms with van der Waals surface area (Å²) < 4.78 is 0. The maximum Gasteiger partial charge on any atom is 0.271 e. The lowest BCUT2D eigenvalue weighted by Gasteiger charge is -1.99. The van der Waals surface area contributed by atoms with E-state index in [0.29, 0.717) is 15.2 Å². The Kier molecular flexibility index (Phi) is 3.76. The molecule has 2 N–H and O–H groups in total. The summed E-state index contributed by atoms with van der Waals surface area (Å²) in [5.41, 5.74) is 1.97. The van der Waals surface area contributed by atoms with Crippen LogP contribution in [-0.4, -0.2) is 33.1 Å². The molecular formula is C13H10ClN5OS. The lowest BCUT2D eigenvalue weighted by atomic mass is 10.3. The molecule has 21 heavy (non-hydrogen) atoms. The van der Waals surface area contributed by atoms with Gasteiger partial charge in [-0.25, -0.2) is 4.98 Å². The number of benzene rings is 1. The highest BCUT2D eigenvalue weighted by molar-refractivity contribution is 7.99. The number of nitrogens with one attached hydrogen (secondary N) is 2. The normalized spacial score (nSPS) is 10.8. The molecule has 0 unspecified atom stereocenters. The number of hydrogen-bond donors (Lipinski definition) is 2. The van der Waals surface area contributed by atoms with Crippen LogP contribution in [0.2, 0.25) is 5.02 Å². The molecule has 1 amide bonds. The molecule has 8 heteroatoms. The molecule has 3 rings (SSSR count). The molecule has 106 valence electrons. The van der Waals surface area contributed by atoms with Crippen molar-refractivity contribution in [3.05, 3.63) is 41.0 Å². The van der Waals surface area contributed by atoms with Crippen molar-refractivity contribution in [2.24, 2.45) is 0 Å². The van der Waals surface area contributed by atoms with E-state index < -0.39 is 0 Å². The van der Waals surface area contributed by atoms with Crippen molar-refractivity contribution in [2.75, 3.05) is 7.05 Å². The van der Waals surface area contributed by atoms with Crippen molar-refractivity contribution in [3.8, 4) is 0 Å². The van der Waals surface area contributed by atoms with E-state index in [1.165, 1.54) is 11.8 Å². The van der Waals surface area contributed by atoms with Gasteiger partial charge >= 0.3 is 0 Å². The maximum absolute atomic E-state index is 11.4. The summed E-state index contributed by atoms with van der Waals surface area (Å²) in [7, 11) is 1.55. The molecule has 2 heterocycles. The summed E-state index contributed by atoms with van der Waals surface area (Å²) in [6, 6.07) is 8.79. The zero-order chi connectivity index (χ0) is 14.8. The topological polar surface area (TPSA) is 83.6 Å². The second-order valence-corrected chi connectivity index (χ2v) is 5.59. The third kappa shape index (κ3) is 2.98. The summed E-state index contributed by atoms with van der Waals surface area (Å²) in [5.74, 6) is -0.266. The Morgan fingerprint density at radius 1 is 1.29 bits per heavy atom. The fourth-order valence-corrected chi connectivity index (χ4v) is 2.62. The number of imidazole rings is 1. The number of carbonyl (C=O) groups excluding carboxylic acids is 1. The molecule has 0 aliphatic heterocycles. The highest BCUT2D eigenvalue weighted by Gasteiger charge is 2.09. The first kappa shape index (κ1) is 13.8. The van der Waals surface area contributed by atoms with Crippen LogP contribution >= 0.6 is 23.4 Å². The number of halogens is 1. The van der Waals surface area contributed by atoms with Crippen LogP contribution in [0.4, 0.5) is 0 Å². The zero-order valence-corrected chi connectivity index (χ0v) is 12.5. The molecular weight excluding hydrogens is 310 g/mol. The van der Waals surface area contributed by atoms with Gasteiger partial charge in [-0.15, -0.1) is 10.2 Å². The lowest BCUT2D eigenvalue weighted by Crippen LogP contribution is -2.19. The molecule has 6 nitrogen and oxygen atoms in total. The Labute approximate surface area is 129 Å². The van der Waals surface area contributed by atoms with Crippen LogP contribution in [0.5, 0.6) is 0 Å². The highest BCUT2D eigenvalue weighted by Crippen LogP contribution is 2.26. The molecule has 0 saturated carbocycles. The summed E-state index contributed by atoms with van der Waals surface area (Å²) in [6.07, 6.45) is 0. The van der Waals surface area contributed by atoms with Crippen molar-refractivity contribution in [2.45, 2.75) is 10.2 Å². The first-order valence-corrected chi connectivity index (χ1v) is 7.24. The van der Waals surface area contributed by atoms with Gasteiger partial charge in [-0.1, -0.05) is 11.6 Å². The van der Waals surface area contributed by atoms with Crippen LogP contribution in [0.25, 0.3) is 11.0 Å². The molecule has 0 bridgehead atoms. The number of aromatic nitrogens is 4. The predicted octanol–water partition coefficient (Wildman–Crippen LogP) is 2.52. The second-order valence-electron chi connectivity index (χ2n) is 4.14. The average Bonchev–Trinajstić information content (AvgIpc) is 2.88. The van der Waals surface area contributed by atoms with Gasteiger partial charge in [-0.2, -0.15) is 0 Å². The smallest absolute Gasteiger partial charge is 0.271 e. The van der Waals surface area contributed by atoms with E-state index in [1.54, 1.807) is 25.2 Å². The fourth-order valence-electron chi connectivity index (χ4n) is 1.73.